The fraction of sp³-hybridized carbons (Fsp3) is 0.286. The van der Waals surface area contributed by atoms with Crippen molar-refractivity contribution in [3.63, 3.8) is 0 Å². The Morgan fingerprint density at radius 2 is 2.08 bits per heavy atom. The Kier molecular flexibility index (Phi) is 4.23. The molecule has 0 saturated carbocycles. The van der Waals surface area contributed by atoms with E-state index in [0.29, 0.717) is 3.57 Å². The van der Waals surface area contributed by atoms with Gasteiger partial charge in [0, 0.05) is 19.9 Å². The van der Waals surface area contributed by atoms with E-state index >= 15 is 0 Å². The molecule has 0 radical (unpaired) electrons. The monoisotopic (exact) mass is 410 g/mol. The fourth-order valence-corrected chi connectivity index (χ4v) is 2.02. The molecule has 0 unspecified atom stereocenters. The van der Waals surface area contributed by atoms with Gasteiger partial charge in [0.1, 0.15) is 0 Å². The van der Waals surface area contributed by atoms with Crippen molar-refractivity contribution in [3.8, 4) is 0 Å². The summed E-state index contributed by atoms with van der Waals surface area (Å²) in [6, 6.07) is 0. The Hall–Kier alpha value is 0.430. The van der Waals surface area contributed by atoms with Crippen LogP contribution >= 0.6 is 45.2 Å². The number of rotatable bonds is 2. The minimum absolute atomic E-state index is 0.0324. The molecule has 0 aromatic carbocycles. The van der Waals surface area contributed by atoms with Gasteiger partial charge in [-0.25, -0.2) is 8.78 Å². The second-order valence-electron chi connectivity index (χ2n) is 2.29. The molecule has 6 heteroatoms. The predicted octanol–water partition coefficient (Wildman–Crippen LogP) is 2.69. The highest BCUT2D eigenvalue weighted by atomic mass is 127. The van der Waals surface area contributed by atoms with Crippen molar-refractivity contribution < 1.29 is 8.78 Å². The first-order valence-electron chi connectivity index (χ1n) is 3.39. The number of hydrogen-bond donors (Lipinski definition) is 1. The van der Waals surface area contributed by atoms with Crippen molar-refractivity contribution in [1.29, 1.82) is 0 Å². The zero-order valence-corrected chi connectivity index (χ0v) is 10.7. The first-order chi connectivity index (χ1) is 6.07. The molecule has 1 heterocycles. The molecule has 2 nitrogen and oxygen atoms in total. The van der Waals surface area contributed by atoms with Crippen LogP contribution in [0.3, 0.4) is 0 Å². The summed E-state index contributed by atoms with van der Waals surface area (Å²) in [4.78, 5) is 3.86. The second-order valence-corrected chi connectivity index (χ2v) is 4.53. The number of alkyl halides is 2. The first kappa shape index (κ1) is 11.5. The van der Waals surface area contributed by atoms with Crippen LogP contribution in [-0.4, -0.2) is 4.98 Å². The molecular formula is C7H6F2I2N2. The van der Waals surface area contributed by atoms with E-state index in [2.05, 4.69) is 4.98 Å². The summed E-state index contributed by atoms with van der Waals surface area (Å²) in [6.45, 7) is 0.0482. The molecule has 2 N–H and O–H groups in total. The predicted molar refractivity (Wildman–Crippen MR) is 62.5 cm³/mol. The molecule has 0 aliphatic rings. The van der Waals surface area contributed by atoms with E-state index in [1.807, 2.05) is 45.2 Å². The average molecular weight is 410 g/mol. The van der Waals surface area contributed by atoms with Crippen LogP contribution in [0.15, 0.2) is 6.20 Å². The molecule has 1 rings (SSSR count). The van der Waals surface area contributed by atoms with E-state index in [1.165, 1.54) is 0 Å². The van der Waals surface area contributed by atoms with Crippen molar-refractivity contribution in [3.05, 3.63) is 24.6 Å². The molecule has 1 aromatic heterocycles. The average Bonchev–Trinajstić information content (AvgIpc) is 2.08. The Bertz CT molecular complexity index is 318. The molecule has 0 atom stereocenters. The highest BCUT2D eigenvalue weighted by molar-refractivity contribution is 14.1. The van der Waals surface area contributed by atoms with E-state index in [4.69, 9.17) is 5.73 Å². The van der Waals surface area contributed by atoms with Gasteiger partial charge in [0.15, 0.2) is 0 Å². The molecule has 72 valence electrons. The Morgan fingerprint density at radius 1 is 1.46 bits per heavy atom. The van der Waals surface area contributed by atoms with Gasteiger partial charge in [-0.2, -0.15) is 0 Å². The summed E-state index contributed by atoms with van der Waals surface area (Å²) in [5.41, 5.74) is 5.55. The Morgan fingerprint density at radius 3 is 2.54 bits per heavy atom. The van der Waals surface area contributed by atoms with Crippen LogP contribution in [0.4, 0.5) is 8.78 Å². The zero-order chi connectivity index (χ0) is 10.0. The highest BCUT2D eigenvalue weighted by Crippen LogP contribution is 2.29. The molecule has 0 amide bonds. The van der Waals surface area contributed by atoms with E-state index < -0.39 is 6.43 Å². The summed E-state index contributed by atoms with van der Waals surface area (Å²) in [7, 11) is 0. The highest BCUT2D eigenvalue weighted by Gasteiger charge is 2.18. The maximum atomic E-state index is 12.6. The molecular weight excluding hydrogens is 404 g/mol. The second kappa shape index (κ2) is 4.78. The number of aromatic nitrogens is 1. The van der Waals surface area contributed by atoms with Crippen molar-refractivity contribution in [2.45, 2.75) is 13.0 Å². The van der Waals surface area contributed by atoms with Crippen molar-refractivity contribution in [2.24, 2.45) is 5.73 Å². The lowest BCUT2D eigenvalue weighted by Crippen LogP contribution is -2.08. The van der Waals surface area contributed by atoms with Crippen molar-refractivity contribution in [2.75, 3.05) is 0 Å². The first-order valence-corrected chi connectivity index (χ1v) is 5.54. The molecule has 0 spiro atoms. The Balaban J connectivity index is 3.32. The quantitative estimate of drug-likeness (QED) is 0.763. The lowest BCUT2D eigenvalue weighted by atomic mass is 10.2. The fourth-order valence-electron chi connectivity index (χ4n) is 0.901. The number of halogens is 4. The van der Waals surface area contributed by atoms with Crippen LogP contribution in [-0.2, 0) is 6.54 Å². The Labute approximate surface area is 102 Å². The van der Waals surface area contributed by atoms with Gasteiger partial charge in [-0.15, -0.1) is 0 Å². The van der Waals surface area contributed by atoms with Crippen LogP contribution in [0.5, 0.6) is 0 Å². The van der Waals surface area contributed by atoms with E-state index in [0.717, 1.165) is 3.57 Å². The SMILES string of the molecule is NCc1ncc(I)c(I)c1C(F)F. The van der Waals surface area contributed by atoms with Gasteiger partial charge < -0.3 is 5.73 Å². The topological polar surface area (TPSA) is 38.9 Å². The zero-order valence-electron chi connectivity index (χ0n) is 6.40. The molecule has 0 aliphatic heterocycles. The van der Waals surface area contributed by atoms with E-state index in [9.17, 15) is 8.78 Å². The minimum Gasteiger partial charge on any atom is -0.325 e. The van der Waals surface area contributed by atoms with Gasteiger partial charge in [-0.3, -0.25) is 4.98 Å². The van der Waals surface area contributed by atoms with E-state index in [-0.39, 0.29) is 17.8 Å². The summed E-state index contributed by atoms with van der Waals surface area (Å²) >= 11 is 3.86. The third kappa shape index (κ3) is 2.46. The molecule has 0 bridgehead atoms. The smallest absolute Gasteiger partial charge is 0.266 e. The van der Waals surface area contributed by atoms with Crippen LogP contribution in [0, 0.1) is 7.14 Å². The molecule has 0 aliphatic carbocycles. The van der Waals surface area contributed by atoms with Crippen molar-refractivity contribution in [1.82, 2.24) is 4.98 Å². The normalized spacial score (nSPS) is 10.9. The van der Waals surface area contributed by atoms with Gasteiger partial charge in [-0.05, 0) is 45.2 Å². The third-order valence-corrected chi connectivity index (χ3v) is 4.51. The van der Waals surface area contributed by atoms with Gasteiger partial charge >= 0.3 is 0 Å². The van der Waals surface area contributed by atoms with Gasteiger partial charge in [0.2, 0.25) is 0 Å². The lowest BCUT2D eigenvalue weighted by molar-refractivity contribution is 0.148. The van der Waals surface area contributed by atoms with Gasteiger partial charge in [-0.1, -0.05) is 0 Å². The van der Waals surface area contributed by atoms with Crippen LogP contribution < -0.4 is 5.73 Å². The largest absolute Gasteiger partial charge is 0.325 e. The summed E-state index contributed by atoms with van der Waals surface area (Å²) in [5.74, 6) is 0. The van der Waals surface area contributed by atoms with Gasteiger partial charge in [0.25, 0.3) is 6.43 Å². The third-order valence-electron chi connectivity index (χ3n) is 1.50. The standard InChI is InChI=1S/C7H6F2I2N2/c8-7(9)5-4(1-12)13-2-3(10)6(5)11/h2,7H,1,12H2. The van der Waals surface area contributed by atoms with Crippen molar-refractivity contribution >= 4 is 45.2 Å². The molecule has 0 fully saturated rings. The molecule has 0 saturated heterocycles. The maximum absolute atomic E-state index is 12.6. The minimum atomic E-state index is -2.51. The van der Waals surface area contributed by atoms with Crippen LogP contribution in [0.1, 0.15) is 17.7 Å². The maximum Gasteiger partial charge on any atom is 0.266 e. The number of pyridine rings is 1. The van der Waals surface area contributed by atoms with Crippen LogP contribution in [0.2, 0.25) is 0 Å². The van der Waals surface area contributed by atoms with Crippen LogP contribution in [0.25, 0.3) is 0 Å². The van der Waals surface area contributed by atoms with Gasteiger partial charge in [0.05, 0.1) is 11.3 Å². The lowest BCUT2D eigenvalue weighted by Gasteiger charge is -2.09. The van der Waals surface area contributed by atoms with E-state index in [1.54, 1.807) is 6.20 Å². The summed E-state index contributed by atoms with van der Waals surface area (Å²) in [6.07, 6.45) is -0.955. The molecule has 13 heavy (non-hydrogen) atoms. The number of nitrogens with zero attached hydrogens (tertiary/aromatic N) is 1. The number of nitrogens with two attached hydrogens (primary N) is 1. The summed E-state index contributed by atoms with van der Waals surface area (Å²) < 4.78 is 26.4. The number of hydrogen-bond acceptors (Lipinski definition) is 2. The summed E-state index contributed by atoms with van der Waals surface area (Å²) in [5, 5.41) is 0. The molecule has 1 aromatic rings.